The minimum Gasteiger partial charge on any atom is -0.377 e. The Morgan fingerprint density at radius 2 is 0.711 bits per heavy atom. The average molecular weight is 523 g/mol. The summed E-state index contributed by atoms with van der Waals surface area (Å²) in [5.41, 5.74) is 2.63. The molecule has 214 valence electrons. The molecule has 0 fully saturated rings. The van der Waals surface area contributed by atoms with E-state index >= 15 is 0 Å². The third kappa shape index (κ3) is 15.1. The Balaban J connectivity index is 1.32. The van der Waals surface area contributed by atoms with Crippen LogP contribution in [0.4, 0.5) is 0 Å². The van der Waals surface area contributed by atoms with Crippen molar-refractivity contribution in [1.29, 1.82) is 0 Å². The van der Waals surface area contributed by atoms with Gasteiger partial charge in [-0.1, -0.05) is 170 Å². The lowest BCUT2D eigenvalue weighted by Gasteiger charge is -2.15. The van der Waals surface area contributed by atoms with Gasteiger partial charge in [0.25, 0.3) is 0 Å². The van der Waals surface area contributed by atoms with E-state index in [1.807, 2.05) is 14.2 Å². The van der Waals surface area contributed by atoms with Gasteiger partial charge in [-0.05, 0) is 29.9 Å². The van der Waals surface area contributed by atoms with E-state index in [1.165, 1.54) is 114 Å². The third-order valence-corrected chi connectivity index (χ3v) is 8.24. The summed E-state index contributed by atoms with van der Waals surface area (Å²) < 4.78 is 11.4. The summed E-state index contributed by atoms with van der Waals surface area (Å²) in [6.07, 6.45) is 24.9. The maximum Gasteiger partial charge on any atom is 0.0821 e. The molecule has 0 aromatic heterocycles. The standard InChI is InChI=1S/C36H58O2/c1-32(24-16-10-6-4-8-12-22-30-35(37-2)33-26-18-14-19-27-33)25-17-11-7-5-9-13-23-31-36(38-3)34-28-20-15-21-29-34/h14-15,18-21,26-29,32,35-36H,4-13,16-17,22-25,30-31H2,1-3H3. The predicted molar refractivity (Wildman–Crippen MR) is 165 cm³/mol. The summed E-state index contributed by atoms with van der Waals surface area (Å²) in [6, 6.07) is 21.3. The lowest BCUT2D eigenvalue weighted by atomic mass is 9.95. The lowest BCUT2D eigenvalue weighted by Crippen LogP contribution is -2.01. The maximum atomic E-state index is 5.70. The van der Waals surface area contributed by atoms with Gasteiger partial charge in [0.15, 0.2) is 0 Å². The largest absolute Gasteiger partial charge is 0.377 e. The van der Waals surface area contributed by atoms with Crippen LogP contribution in [0.2, 0.25) is 0 Å². The Hall–Kier alpha value is -1.64. The monoisotopic (exact) mass is 522 g/mol. The molecule has 0 aliphatic carbocycles. The van der Waals surface area contributed by atoms with Crippen LogP contribution in [0.15, 0.2) is 60.7 Å². The first kappa shape index (κ1) is 32.6. The molecular formula is C36H58O2. The summed E-state index contributed by atoms with van der Waals surface area (Å²) in [6.45, 7) is 2.47. The van der Waals surface area contributed by atoms with Gasteiger partial charge in [-0.3, -0.25) is 0 Å². The molecule has 0 saturated carbocycles. The highest BCUT2D eigenvalue weighted by atomic mass is 16.5. The highest BCUT2D eigenvalue weighted by Gasteiger charge is 2.10. The second-order valence-electron chi connectivity index (χ2n) is 11.5. The van der Waals surface area contributed by atoms with Crippen LogP contribution in [0.1, 0.15) is 146 Å². The first-order valence-corrected chi connectivity index (χ1v) is 15.9. The highest BCUT2D eigenvalue weighted by Crippen LogP contribution is 2.25. The first-order valence-electron chi connectivity index (χ1n) is 15.9. The topological polar surface area (TPSA) is 18.5 Å². The SMILES string of the molecule is COC(CCCCCCCCCC(C)CCCCCCCCCC(OC)c1ccccc1)c1ccccc1. The molecule has 38 heavy (non-hydrogen) atoms. The quantitative estimate of drug-likeness (QED) is 0.128. The van der Waals surface area contributed by atoms with E-state index in [2.05, 4.69) is 67.6 Å². The molecule has 2 nitrogen and oxygen atoms in total. The predicted octanol–water partition coefficient (Wildman–Crippen LogP) is 11.4. The molecule has 0 bridgehead atoms. The van der Waals surface area contributed by atoms with E-state index in [4.69, 9.17) is 9.47 Å². The zero-order valence-corrected chi connectivity index (χ0v) is 25.0. The Kier molecular flexibility index (Phi) is 19.0. The fourth-order valence-corrected chi connectivity index (χ4v) is 5.73. The minimum atomic E-state index is 0.261. The minimum absolute atomic E-state index is 0.261. The summed E-state index contributed by atoms with van der Waals surface area (Å²) in [4.78, 5) is 0. The Morgan fingerprint density at radius 3 is 1.03 bits per heavy atom. The first-order chi connectivity index (χ1) is 18.7. The number of ether oxygens (including phenoxy) is 2. The second kappa shape index (κ2) is 22.2. The fourth-order valence-electron chi connectivity index (χ4n) is 5.73. The van der Waals surface area contributed by atoms with Crippen molar-refractivity contribution >= 4 is 0 Å². The number of hydrogen-bond donors (Lipinski definition) is 0. The van der Waals surface area contributed by atoms with Gasteiger partial charge in [-0.2, -0.15) is 0 Å². The molecule has 2 atom stereocenters. The highest BCUT2D eigenvalue weighted by molar-refractivity contribution is 5.18. The van der Waals surface area contributed by atoms with Crippen molar-refractivity contribution in [2.45, 2.75) is 135 Å². The van der Waals surface area contributed by atoms with E-state index < -0.39 is 0 Å². The molecule has 0 radical (unpaired) electrons. The zero-order valence-electron chi connectivity index (χ0n) is 25.0. The van der Waals surface area contributed by atoms with Crippen molar-refractivity contribution in [2.24, 2.45) is 5.92 Å². The maximum absolute atomic E-state index is 5.70. The van der Waals surface area contributed by atoms with Gasteiger partial charge in [0.05, 0.1) is 12.2 Å². The Morgan fingerprint density at radius 1 is 0.421 bits per heavy atom. The number of hydrogen-bond acceptors (Lipinski definition) is 2. The van der Waals surface area contributed by atoms with Gasteiger partial charge in [-0.15, -0.1) is 0 Å². The smallest absolute Gasteiger partial charge is 0.0821 e. The van der Waals surface area contributed by atoms with E-state index in [-0.39, 0.29) is 12.2 Å². The molecular weight excluding hydrogens is 464 g/mol. The summed E-state index contributed by atoms with van der Waals surface area (Å²) in [5, 5.41) is 0. The van der Waals surface area contributed by atoms with Crippen molar-refractivity contribution < 1.29 is 9.47 Å². The Bertz CT molecular complexity index is 694. The molecule has 0 aliphatic rings. The van der Waals surface area contributed by atoms with Crippen molar-refractivity contribution in [3.05, 3.63) is 71.8 Å². The van der Waals surface area contributed by atoms with E-state index in [1.54, 1.807) is 0 Å². The van der Waals surface area contributed by atoms with Gasteiger partial charge in [0.1, 0.15) is 0 Å². The van der Waals surface area contributed by atoms with Crippen LogP contribution in [0.5, 0.6) is 0 Å². The molecule has 0 amide bonds. The molecule has 2 rings (SSSR count). The summed E-state index contributed by atoms with van der Waals surface area (Å²) >= 11 is 0. The molecule has 2 aromatic carbocycles. The van der Waals surface area contributed by atoms with Gasteiger partial charge in [-0.25, -0.2) is 0 Å². The van der Waals surface area contributed by atoms with Gasteiger partial charge in [0, 0.05) is 14.2 Å². The van der Waals surface area contributed by atoms with Crippen molar-refractivity contribution in [3.63, 3.8) is 0 Å². The van der Waals surface area contributed by atoms with Crippen molar-refractivity contribution in [1.82, 2.24) is 0 Å². The van der Waals surface area contributed by atoms with Crippen LogP contribution in [-0.2, 0) is 9.47 Å². The van der Waals surface area contributed by atoms with Crippen LogP contribution in [0.3, 0.4) is 0 Å². The van der Waals surface area contributed by atoms with E-state index in [0.717, 1.165) is 18.8 Å². The number of benzene rings is 2. The van der Waals surface area contributed by atoms with Crippen molar-refractivity contribution in [3.8, 4) is 0 Å². The average Bonchev–Trinajstić information content (AvgIpc) is 2.96. The fraction of sp³-hybridized carbons (Fsp3) is 0.667. The molecule has 0 spiro atoms. The lowest BCUT2D eigenvalue weighted by molar-refractivity contribution is 0.0930. The molecule has 0 aliphatic heterocycles. The van der Waals surface area contributed by atoms with E-state index in [9.17, 15) is 0 Å². The molecule has 2 aromatic rings. The molecule has 2 unspecified atom stereocenters. The third-order valence-electron chi connectivity index (χ3n) is 8.24. The number of methoxy groups -OCH3 is 2. The molecule has 0 saturated heterocycles. The summed E-state index contributed by atoms with van der Waals surface area (Å²) in [5.74, 6) is 0.905. The zero-order chi connectivity index (χ0) is 27.1. The summed E-state index contributed by atoms with van der Waals surface area (Å²) in [7, 11) is 3.68. The normalized spacial score (nSPS) is 13.9. The van der Waals surface area contributed by atoms with Gasteiger partial charge >= 0.3 is 0 Å². The van der Waals surface area contributed by atoms with Crippen LogP contribution in [0.25, 0.3) is 0 Å². The van der Waals surface area contributed by atoms with Gasteiger partial charge < -0.3 is 9.47 Å². The van der Waals surface area contributed by atoms with Crippen LogP contribution in [0, 0.1) is 5.92 Å². The molecule has 0 N–H and O–H groups in total. The molecule has 0 heterocycles. The van der Waals surface area contributed by atoms with Crippen molar-refractivity contribution in [2.75, 3.05) is 14.2 Å². The number of rotatable bonds is 24. The van der Waals surface area contributed by atoms with Gasteiger partial charge in [0.2, 0.25) is 0 Å². The molecule has 2 heteroatoms. The van der Waals surface area contributed by atoms with E-state index in [0.29, 0.717) is 0 Å². The van der Waals surface area contributed by atoms with Crippen LogP contribution < -0.4 is 0 Å². The second-order valence-corrected chi connectivity index (χ2v) is 11.5. The van der Waals surface area contributed by atoms with Crippen LogP contribution in [-0.4, -0.2) is 14.2 Å². The Labute approximate surface area is 235 Å². The van der Waals surface area contributed by atoms with Crippen LogP contribution >= 0.6 is 0 Å². The number of unbranched alkanes of at least 4 members (excludes halogenated alkanes) is 12.